The molecular formula is C72H57N. The molecule has 11 aromatic carbocycles. The Hall–Kier alpha value is -8.52. The van der Waals surface area contributed by atoms with Gasteiger partial charge in [-0.15, -0.1) is 0 Å². The third-order valence-corrected chi connectivity index (χ3v) is 16.2. The molecule has 0 saturated heterocycles. The van der Waals surface area contributed by atoms with Gasteiger partial charge in [0.15, 0.2) is 0 Å². The Kier molecular flexibility index (Phi) is 11.5. The molecule has 1 unspecified atom stereocenters. The van der Waals surface area contributed by atoms with Crippen molar-refractivity contribution in [2.24, 2.45) is 0 Å². The van der Waals surface area contributed by atoms with Gasteiger partial charge >= 0.3 is 0 Å². The summed E-state index contributed by atoms with van der Waals surface area (Å²) in [7, 11) is 0. The number of hydrogen-bond acceptors (Lipinski definition) is 1. The molecule has 11 aromatic rings. The number of benzene rings is 11. The van der Waals surface area contributed by atoms with Crippen LogP contribution < -0.4 is 4.90 Å². The van der Waals surface area contributed by atoms with E-state index in [0.29, 0.717) is 5.92 Å². The highest BCUT2D eigenvalue weighted by molar-refractivity contribution is 6.03. The van der Waals surface area contributed by atoms with Crippen molar-refractivity contribution in [2.45, 2.75) is 50.4 Å². The standard InChI is InChI=1S/C72H57N/c1-72(58-28-12-5-13-29-58)68-34-16-14-30-63(68)64-47-41-57(49-69(64)72)51-38-44-60(45-39-51)73(70-35-17-15-31-65(70)66-33-19-27-55-26-18-32-62(71(55)66)53-22-8-3-9-23-53)59-42-36-50(37-43-59)56-40-46-61(52-20-6-2-7-21-52)67(48-56)54-24-10-4-11-25-54/h2,4-7,10-21,24-49,53H,3,8-9,22-23H2,1H3. The summed E-state index contributed by atoms with van der Waals surface area (Å²) < 4.78 is 0. The molecule has 0 bridgehead atoms. The zero-order chi connectivity index (χ0) is 48.7. The molecule has 350 valence electrons. The van der Waals surface area contributed by atoms with Crippen molar-refractivity contribution in [3.8, 4) is 66.8 Å². The van der Waals surface area contributed by atoms with Crippen molar-refractivity contribution < 1.29 is 0 Å². The smallest absolute Gasteiger partial charge is 0.0540 e. The Morgan fingerprint density at radius 1 is 0.342 bits per heavy atom. The van der Waals surface area contributed by atoms with Gasteiger partial charge < -0.3 is 4.90 Å². The van der Waals surface area contributed by atoms with E-state index in [2.05, 4.69) is 273 Å². The third kappa shape index (κ3) is 7.97. The lowest BCUT2D eigenvalue weighted by molar-refractivity contribution is 0.445. The lowest BCUT2D eigenvalue weighted by Gasteiger charge is -2.29. The van der Waals surface area contributed by atoms with Gasteiger partial charge in [0, 0.05) is 22.4 Å². The van der Waals surface area contributed by atoms with Gasteiger partial charge in [0.25, 0.3) is 0 Å². The van der Waals surface area contributed by atoms with E-state index in [0.717, 1.165) is 17.1 Å². The molecule has 0 radical (unpaired) electrons. The van der Waals surface area contributed by atoms with Crippen LogP contribution in [0.4, 0.5) is 17.1 Å². The Labute approximate surface area is 430 Å². The van der Waals surface area contributed by atoms with E-state index < -0.39 is 0 Å². The Bertz CT molecular complexity index is 3750. The molecule has 1 atom stereocenters. The Morgan fingerprint density at radius 3 is 1.52 bits per heavy atom. The van der Waals surface area contributed by atoms with Crippen molar-refractivity contribution in [3.05, 3.63) is 283 Å². The molecule has 1 nitrogen and oxygen atoms in total. The normalized spacial score (nSPS) is 15.2. The van der Waals surface area contributed by atoms with Gasteiger partial charge in [-0.25, -0.2) is 0 Å². The fourth-order valence-electron chi connectivity index (χ4n) is 12.5. The molecule has 0 aromatic heterocycles. The minimum absolute atomic E-state index is 0.263. The molecule has 1 saturated carbocycles. The summed E-state index contributed by atoms with van der Waals surface area (Å²) in [6.45, 7) is 2.40. The number of nitrogens with zero attached hydrogens (tertiary/aromatic N) is 1. The number of hydrogen-bond donors (Lipinski definition) is 0. The van der Waals surface area contributed by atoms with Gasteiger partial charge in [0.05, 0.1) is 5.69 Å². The molecular weight excluding hydrogens is 879 g/mol. The highest BCUT2D eigenvalue weighted by Crippen LogP contribution is 2.53. The van der Waals surface area contributed by atoms with Crippen molar-refractivity contribution in [3.63, 3.8) is 0 Å². The molecule has 0 spiro atoms. The van der Waals surface area contributed by atoms with E-state index in [-0.39, 0.29) is 5.41 Å². The molecule has 0 aliphatic heterocycles. The van der Waals surface area contributed by atoms with Gasteiger partial charge in [-0.1, -0.05) is 238 Å². The molecule has 2 aliphatic carbocycles. The molecule has 0 N–H and O–H groups in total. The van der Waals surface area contributed by atoms with E-state index in [1.54, 1.807) is 0 Å². The van der Waals surface area contributed by atoms with E-state index in [9.17, 15) is 0 Å². The monoisotopic (exact) mass is 935 g/mol. The van der Waals surface area contributed by atoms with Gasteiger partial charge in [0.1, 0.15) is 0 Å². The Balaban J connectivity index is 0.933. The first-order valence-electron chi connectivity index (χ1n) is 26.3. The average molecular weight is 936 g/mol. The van der Waals surface area contributed by atoms with Crippen LogP contribution in [-0.4, -0.2) is 0 Å². The third-order valence-electron chi connectivity index (χ3n) is 16.2. The van der Waals surface area contributed by atoms with Crippen molar-refractivity contribution in [2.75, 3.05) is 4.90 Å². The van der Waals surface area contributed by atoms with Crippen molar-refractivity contribution >= 4 is 27.8 Å². The predicted octanol–water partition coefficient (Wildman–Crippen LogP) is 20.0. The van der Waals surface area contributed by atoms with Crippen LogP contribution in [0.25, 0.3) is 77.5 Å². The fourth-order valence-corrected chi connectivity index (χ4v) is 12.5. The minimum Gasteiger partial charge on any atom is -0.310 e. The highest BCUT2D eigenvalue weighted by Gasteiger charge is 2.40. The number of anilines is 3. The van der Waals surface area contributed by atoms with Crippen LogP contribution in [-0.2, 0) is 5.41 Å². The Morgan fingerprint density at radius 2 is 0.849 bits per heavy atom. The SMILES string of the molecule is CC1(c2ccccc2)c2ccccc2-c2ccc(-c3ccc(N(c4ccc(-c5ccc(-c6ccccc6)c(-c6ccccc6)c5)cc4)c4ccccc4-c4cccc5cccc(C6CCCCC6)c45)cc3)cc21. The summed E-state index contributed by atoms with van der Waals surface area (Å²) >= 11 is 0. The van der Waals surface area contributed by atoms with E-state index in [4.69, 9.17) is 0 Å². The van der Waals surface area contributed by atoms with Crippen molar-refractivity contribution in [1.29, 1.82) is 0 Å². The van der Waals surface area contributed by atoms with Crippen LogP contribution >= 0.6 is 0 Å². The summed E-state index contributed by atoms with van der Waals surface area (Å²) in [5, 5.41) is 2.70. The first-order valence-corrected chi connectivity index (χ1v) is 26.3. The number of rotatable bonds is 10. The maximum atomic E-state index is 2.48. The van der Waals surface area contributed by atoms with Gasteiger partial charge in [0.2, 0.25) is 0 Å². The molecule has 1 heteroatoms. The van der Waals surface area contributed by atoms with E-state index in [1.807, 2.05) is 0 Å². The fraction of sp³-hybridized carbons (Fsp3) is 0.111. The van der Waals surface area contributed by atoms with Crippen LogP contribution in [0.5, 0.6) is 0 Å². The highest BCUT2D eigenvalue weighted by atomic mass is 15.1. The van der Waals surface area contributed by atoms with Crippen LogP contribution in [0.1, 0.15) is 67.2 Å². The lowest BCUT2D eigenvalue weighted by atomic mass is 9.74. The van der Waals surface area contributed by atoms with Gasteiger partial charge in [-0.2, -0.15) is 0 Å². The summed E-state index contributed by atoms with van der Waals surface area (Å²) in [6, 6.07) is 97.0. The first kappa shape index (κ1) is 44.4. The predicted molar refractivity (Wildman–Crippen MR) is 309 cm³/mol. The summed E-state index contributed by atoms with van der Waals surface area (Å²) in [4.78, 5) is 2.48. The molecule has 73 heavy (non-hydrogen) atoms. The van der Waals surface area contributed by atoms with Gasteiger partial charge in [-0.3, -0.25) is 0 Å². The number of para-hydroxylation sites is 1. The van der Waals surface area contributed by atoms with Gasteiger partial charge in [-0.05, 0) is 162 Å². The number of fused-ring (bicyclic) bond motifs is 4. The first-order chi connectivity index (χ1) is 36.1. The molecule has 13 rings (SSSR count). The zero-order valence-electron chi connectivity index (χ0n) is 41.4. The van der Waals surface area contributed by atoms with E-state index in [1.165, 1.54) is 132 Å². The van der Waals surface area contributed by atoms with Crippen LogP contribution in [0.2, 0.25) is 0 Å². The minimum atomic E-state index is -0.263. The zero-order valence-corrected chi connectivity index (χ0v) is 41.4. The second-order valence-electron chi connectivity index (χ2n) is 20.3. The quantitative estimate of drug-likeness (QED) is 0.132. The maximum absolute atomic E-state index is 2.48. The molecule has 1 fully saturated rings. The summed E-state index contributed by atoms with van der Waals surface area (Å²) in [5.74, 6) is 0.574. The summed E-state index contributed by atoms with van der Waals surface area (Å²) in [6.07, 6.45) is 6.45. The lowest BCUT2D eigenvalue weighted by Crippen LogP contribution is -2.22. The maximum Gasteiger partial charge on any atom is 0.0540 e. The van der Waals surface area contributed by atoms with E-state index >= 15 is 0 Å². The van der Waals surface area contributed by atoms with Crippen LogP contribution in [0.15, 0.2) is 261 Å². The molecule has 2 aliphatic rings. The second kappa shape index (κ2) is 18.9. The van der Waals surface area contributed by atoms with Crippen molar-refractivity contribution in [1.82, 2.24) is 0 Å². The largest absolute Gasteiger partial charge is 0.310 e. The molecule has 0 amide bonds. The van der Waals surface area contributed by atoms with Crippen LogP contribution in [0, 0.1) is 0 Å². The molecule has 0 heterocycles. The van der Waals surface area contributed by atoms with Crippen LogP contribution in [0.3, 0.4) is 0 Å². The summed E-state index contributed by atoms with van der Waals surface area (Å²) in [5.41, 5.74) is 23.5. The average Bonchev–Trinajstić information content (AvgIpc) is 3.75. The second-order valence-corrected chi connectivity index (χ2v) is 20.3. The topological polar surface area (TPSA) is 3.24 Å².